The van der Waals surface area contributed by atoms with Gasteiger partial charge in [-0.1, -0.05) is 54.6 Å². The van der Waals surface area contributed by atoms with Gasteiger partial charge in [0.15, 0.2) is 0 Å². The summed E-state index contributed by atoms with van der Waals surface area (Å²) in [6, 6.07) is 27.9. The van der Waals surface area contributed by atoms with Crippen LogP contribution >= 0.6 is 0 Å². The Labute approximate surface area is 175 Å². The van der Waals surface area contributed by atoms with Crippen molar-refractivity contribution in [3.8, 4) is 11.3 Å². The molecule has 2 nitrogen and oxygen atoms in total. The Bertz CT molecular complexity index is 1620. The molecule has 4 aromatic carbocycles. The fraction of sp³-hybridized carbons (Fsp3) is 0.107. The van der Waals surface area contributed by atoms with Crippen LogP contribution in [0, 0.1) is 13.8 Å². The zero-order valence-corrected chi connectivity index (χ0v) is 17.4. The predicted molar refractivity (Wildman–Crippen MR) is 125 cm³/mol. The van der Waals surface area contributed by atoms with Crippen molar-refractivity contribution in [2.24, 2.45) is 7.05 Å². The Hall–Kier alpha value is -3.65. The molecule has 0 saturated carbocycles. The maximum atomic E-state index is 6.52. The molecule has 144 valence electrons. The van der Waals surface area contributed by atoms with E-state index in [0.29, 0.717) is 0 Å². The number of nitrogens with zero attached hydrogens (tertiary/aromatic N) is 1. The van der Waals surface area contributed by atoms with Gasteiger partial charge in [-0.05, 0) is 47.9 Å². The maximum absolute atomic E-state index is 6.52. The summed E-state index contributed by atoms with van der Waals surface area (Å²) in [6.45, 7) is 4.41. The number of furan rings is 1. The fourth-order valence-electron chi connectivity index (χ4n) is 4.98. The molecule has 0 aliphatic rings. The van der Waals surface area contributed by atoms with Crippen LogP contribution in [-0.4, -0.2) is 0 Å². The standard InChI is InChI=1S/C28H22NO/c1-17-16-24(29(3)23-14-8-6-10-19(17)23)26-18(2)20-11-4-5-12-21(20)27-22-13-7-9-15-25(22)30-28(26)27/h4-16H,1-3H3/q+1. The monoisotopic (exact) mass is 388 g/mol. The van der Waals surface area contributed by atoms with Crippen molar-refractivity contribution in [3.05, 3.63) is 90.0 Å². The fourth-order valence-corrected chi connectivity index (χ4v) is 4.98. The second-order valence-corrected chi connectivity index (χ2v) is 8.14. The first-order valence-electron chi connectivity index (χ1n) is 10.4. The number of benzene rings is 4. The Morgan fingerprint density at radius 3 is 2.13 bits per heavy atom. The molecule has 0 N–H and O–H groups in total. The summed E-state index contributed by atoms with van der Waals surface area (Å²) in [5, 5.41) is 6.18. The molecule has 2 heterocycles. The van der Waals surface area contributed by atoms with E-state index in [1.807, 2.05) is 6.07 Å². The molecule has 0 amide bonds. The zero-order chi connectivity index (χ0) is 20.4. The lowest BCUT2D eigenvalue weighted by molar-refractivity contribution is -0.633. The van der Waals surface area contributed by atoms with Crippen LogP contribution in [0.2, 0.25) is 0 Å². The van der Waals surface area contributed by atoms with Crippen molar-refractivity contribution in [1.29, 1.82) is 0 Å². The molecule has 0 unspecified atom stereocenters. The second kappa shape index (κ2) is 6.17. The molecule has 0 saturated heterocycles. The van der Waals surface area contributed by atoms with Crippen LogP contribution < -0.4 is 4.57 Å². The first-order chi connectivity index (χ1) is 14.6. The Morgan fingerprint density at radius 2 is 1.33 bits per heavy atom. The molecule has 0 spiro atoms. The summed E-state index contributed by atoms with van der Waals surface area (Å²) >= 11 is 0. The number of hydrogen-bond donors (Lipinski definition) is 0. The minimum Gasteiger partial charge on any atom is -0.455 e. The predicted octanol–water partition coefficient (Wildman–Crippen LogP) is 7.00. The van der Waals surface area contributed by atoms with Gasteiger partial charge in [0, 0.05) is 28.3 Å². The van der Waals surface area contributed by atoms with Crippen molar-refractivity contribution in [2.75, 3.05) is 0 Å². The highest BCUT2D eigenvalue weighted by molar-refractivity contribution is 6.23. The third kappa shape index (κ3) is 2.22. The molecule has 30 heavy (non-hydrogen) atoms. The molecular formula is C28H22NO+. The molecule has 0 aliphatic heterocycles. The van der Waals surface area contributed by atoms with Crippen LogP contribution in [0.25, 0.3) is 54.9 Å². The molecule has 6 rings (SSSR count). The quantitative estimate of drug-likeness (QED) is 0.277. The van der Waals surface area contributed by atoms with Crippen LogP contribution in [0.1, 0.15) is 11.1 Å². The van der Waals surface area contributed by atoms with Crippen LogP contribution in [0.5, 0.6) is 0 Å². The van der Waals surface area contributed by atoms with Crippen LogP contribution in [0.4, 0.5) is 0 Å². The van der Waals surface area contributed by atoms with E-state index in [-0.39, 0.29) is 0 Å². The largest absolute Gasteiger partial charge is 0.455 e. The molecule has 6 aromatic rings. The van der Waals surface area contributed by atoms with Gasteiger partial charge >= 0.3 is 0 Å². The van der Waals surface area contributed by atoms with E-state index in [2.05, 4.69) is 98.3 Å². The third-order valence-corrected chi connectivity index (χ3v) is 6.46. The number of rotatable bonds is 1. The van der Waals surface area contributed by atoms with Crippen molar-refractivity contribution < 1.29 is 8.98 Å². The summed E-state index contributed by atoms with van der Waals surface area (Å²) in [5.74, 6) is 0. The van der Waals surface area contributed by atoms with Crippen LogP contribution in [0.3, 0.4) is 0 Å². The van der Waals surface area contributed by atoms with Gasteiger partial charge in [-0.3, -0.25) is 0 Å². The van der Waals surface area contributed by atoms with Crippen molar-refractivity contribution >= 4 is 43.6 Å². The molecule has 2 heteroatoms. The summed E-state index contributed by atoms with van der Waals surface area (Å²) < 4.78 is 8.82. The number of para-hydroxylation sites is 2. The highest BCUT2D eigenvalue weighted by atomic mass is 16.3. The van der Waals surface area contributed by atoms with E-state index in [1.165, 1.54) is 54.8 Å². The highest BCUT2D eigenvalue weighted by Crippen LogP contribution is 2.43. The summed E-state index contributed by atoms with van der Waals surface area (Å²) in [5.41, 5.74) is 8.01. The van der Waals surface area contributed by atoms with Gasteiger partial charge in [-0.15, -0.1) is 0 Å². The van der Waals surface area contributed by atoms with Gasteiger partial charge < -0.3 is 4.42 Å². The molecule has 0 radical (unpaired) electrons. The lowest BCUT2D eigenvalue weighted by Crippen LogP contribution is -2.32. The van der Waals surface area contributed by atoms with Crippen molar-refractivity contribution in [3.63, 3.8) is 0 Å². The smallest absolute Gasteiger partial charge is 0.217 e. The second-order valence-electron chi connectivity index (χ2n) is 8.14. The van der Waals surface area contributed by atoms with Crippen molar-refractivity contribution in [1.82, 2.24) is 0 Å². The normalized spacial score (nSPS) is 11.8. The van der Waals surface area contributed by atoms with E-state index in [9.17, 15) is 0 Å². The molecule has 2 aromatic heterocycles. The molecular weight excluding hydrogens is 366 g/mol. The van der Waals surface area contributed by atoms with E-state index < -0.39 is 0 Å². The lowest BCUT2D eigenvalue weighted by Gasteiger charge is -2.12. The Kier molecular flexibility index (Phi) is 3.54. The van der Waals surface area contributed by atoms with E-state index in [0.717, 1.165) is 11.2 Å². The van der Waals surface area contributed by atoms with Gasteiger partial charge in [0.1, 0.15) is 18.2 Å². The van der Waals surface area contributed by atoms with Gasteiger partial charge in [0.25, 0.3) is 0 Å². The van der Waals surface area contributed by atoms with Crippen molar-refractivity contribution in [2.45, 2.75) is 13.8 Å². The van der Waals surface area contributed by atoms with Gasteiger partial charge in [-0.25, -0.2) is 0 Å². The van der Waals surface area contributed by atoms with E-state index in [4.69, 9.17) is 4.42 Å². The molecule has 0 bridgehead atoms. The SMILES string of the molecule is Cc1c(-c2cc(C)c3ccccc3[n+]2C)c2oc3ccccc3c2c2ccccc12. The van der Waals surface area contributed by atoms with Crippen LogP contribution in [0.15, 0.2) is 83.3 Å². The first kappa shape index (κ1) is 17.2. The topological polar surface area (TPSA) is 17.0 Å². The number of hydrogen-bond acceptors (Lipinski definition) is 1. The summed E-state index contributed by atoms with van der Waals surface area (Å²) in [6.07, 6.45) is 0. The Morgan fingerprint density at radius 1 is 0.700 bits per heavy atom. The summed E-state index contributed by atoms with van der Waals surface area (Å²) in [7, 11) is 2.15. The lowest BCUT2D eigenvalue weighted by atomic mass is 9.92. The molecule has 0 atom stereocenters. The average Bonchev–Trinajstić information content (AvgIpc) is 3.16. The van der Waals surface area contributed by atoms with Gasteiger partial charge in [0.05, 0.1) is 5.56 Å². The minimum atomic E-state index is 0.935. The zero-order valence-electron chi connectivity index (χ0n) is 17.4. The molecule has 0 aliphatic carbocycles. The molecule has 0 fully saturated rings. The maximum Gasteiger partial charge on any atom is 0.217 e. The van der Waals surface area contributed by atoms with Gasteiger partial charge in [0.2, 0.25) is 11.2 Å². The summed E-state index contributed by atoms with van der Waals surface area (Å²) in [4.78, 5) is 0. The first-order valence-corrected chi connectivity index (χ1v) is 10.4. The number of pyridine rings is 1. The number of fused-ring (bicyclic) bond motifs is 6. The number of aromatic nitrogens is 1. The van der Waals surface area contributed by atoms with Gasteiger partial charge in [-0.2, -0.15) is 4.57 Å². The average molecular weight is 388 g/mol. The van der Waals surface area contributed by atoms with Crippen LogP contribution in [-0.2, 0) is 7.05 Å². The third-order valence-electron chi connectivity index (χ3n) is 6.46. The number of aryl methyl sites for hydroxylation is 3. The minimum absolute atomic E-state index is 0.935. The highest BCUT2D eigenvalue weighted by Gasteiger charge is 2.25. The Balaban J connectivity index is 1.88. The van der Waals surface area contributed by atoms with E-state index >= 15 is 0 Å². The van der Waals surface area contributed by atoms with E-state index in [1.54, 1.807) is 0 Å².